The fourth-order valence-electron chi connectivity index (χ4n) is 2.34. The molecular weight excluding hydrogens is 282 g/mol. The van der Waals surface area contributed by atoms with E-state index in [1.54, 1.807) is 37.3 Å². The second kappa shape index (κ2) is 5.33. The van der Waals surface area contributed by atoms with E-state index in [1.165, 1.54) is 12.1 Å². The van der Waals surface area contributed by atoms with Crippen LogP contribution in [0.3, 0.4) is 0 Å². The maximum Gasteiger partial charge on any atom is 0.257 e. The zero-order chi connectivity index (χ0) is 15.7. The standard InChI is InChI=1S/C16H13N3O3/c1-9-14(10-5-2-3-6-11(10)17-15(9)21)16(22)19-12-7-4-8-13(20)18-12/h2-8H,1H3,(H,17,21)(H2,18,19,20,22). The van der Waals surface area contributed by atoms with E-state index in [2.05, 4.69) is 15.3 Å². The summed E-state index contributed by atoms with van der Waals surface area (Å²) in [7, 11) is 0. The van der Waals surface area contributed by atoms with E-state index >= 15 is 0 Å². The minimum Gasteiger partial charge on any atom is -0.322 e. The molecular formula is C16H13N3O3. The normalized spacial score (nSPS) is 10.6. The number of aromatic nitrogens is 2. The van der Waals surface area contributed by atoms with Crippen molar-refractivity contribution in [2.45, 2.75) is 6.92 Å². The van der Waals surface area contributed by atoms with E-state index < -0.39 is 5.91 Å². The van der Waals surface area contributed by atoms with Crippen molar-refractivity contribution in [2.75, 3.05) is 5.32 Å². The summed E-state index contributed by atoms with van der Waals surface area (Å²) in [6, 6.07) is 11.5. The maximum absolute atomic E-state index is 12.5. The molecule has 3 N–H and O–H groups in total. The summed E-state index contributed by atoms with van der Waals surface area (Å²) in [5, 5.41) is 3.26. The maximum atomic E-state index is 12.5. The lowest BCUT2D eigenvalue weighted by Crippen LogP contribution is -2.22. The average Bonchev–Trinajstić information content (AvgIpc) is 2.48. The first-order valence-electron chi connectivity index (χ1n) is 6.68. The minimum atomic E-state index is -0.443. The molecule has 1 amide bonds. The molecule has 110 valence electrons. The van der Waals surface area contributed by atoms with Gasteiger partial charge in [0.2, 0.25) is 5.56 Å². The van der Waals surface area contributed by atoms with Gasteiger partial charge in [0.15, 0.2) is 0 Å². The van der Waals surface area contributed by atoms with E-state index in [-0.39, 0.29) is 16.9 Å². The molecule has 0 aliphatic carbocycles. The third-order valence-electron chi connectivity index (χ3n) is 3.40. The summed E-state index contributed by atoms with van der Waals surface area (Å²) < 4.78 is 0. The van der Waals surface area contributed by atoms with E-state index in [0.29, 0.717) is 22.0 Å². The van der Waals surface area contributed by atoms with E-state index in [9.17, 15) is 14.4 Å². The Kier molecular flexibility index (Phi) is 3.34. The number of carbonyl (C=O) groups excluding carboxylic acids is 1. The van der Waals surface area contributed by atoms with Crippen molar-refractivity contribution >= 4 is 22.6 Å². The number of hydrogen-bond acceptors (Lipinski definition) is 3. The van der Waals surface area contributed by atoms with E-state index in [0.717, 1.165) is 0 Å². The number of benzene rings is 1. The van der Waals surface area contributed by atoms with Gasteiger partial charge in [0.1, 0.15) is 5.82 Å². The fraction of sp³-hybridized carbons (Fsp3) is 0.0625. The largest absolute Gasteiger partial charge is 0.322 e. The Morgan fingerprint density at radius 2 is 1.77 bits per heavy atom. The van der Waals surface area contributed by atoms with Gasteiger partial charge >= 0.3 is 0 Å². The number of carbonyl (C=O) groups is 1. The number of aromatic amines is 2. The molecule has 2 heterocycles. The summed E-state index contributed by atoms with van der Waals surface area (Å²) >= 11 is 0. The minimum absolute atomic E-state index is 0.279. The average molecular weight is 295 g/mol. The highest BCUT2D eigenvalue weighted by molar-refractivity contribution is 6.12. The van der Waals surface area contributed by atoms with Gasteiger partial charge in [0.05, 0.1) is 5.56 Å². The lowest BCUT2D eigenvalue weighted by Gasteiger charge is -2.10. The third-order valence-corrected chi connectivity index (χ3v) is 3.40. The summed E-state index contributed by atoms with van der Waals surface area (Å²) in [5.74, 6) is -0.164. The summed E-state index contributed by atoms with van der Waals surface area (Å²) in [4.78, 5) is 41.0. The topological polar surface area (TPSA) is 94.8 Å². The Hall–Kier alpha value is -3.15. The van der Waals surface area contributed by atoms with Gasteiger partial charge in [-0.3, -0.25) is 14.4 Å². The molecule has 0 spiro atoms. The summed E-state index contributed by atoms with van der Waals surface area (Å²) in [5.41, 5.74) is 0.582. The van der Waals surface area contributed by atoms with Crippen LogP contribution in [0.25, 0.3) is 10.9 Å². The van der Waals surface area contributed by atoms with Crippen molar-refractivity contribution in [3.05, 3.63) is 74.3 Å². The van der Waals surface area contributed by atoms with Crippen LogP contribution in [0.5, 0.6) is 0 Å². The molecule has 1 aromatic carbocycles. The molecule has 0 aliphatic rings. The van der Waals surface area contributed by atoms with Crippen molar-refractivity contribution in [1.29, 1.82) is 0 Å². The number of fused-ring (bicyclic) bond motifs is 1. The van der Waals surface area contributed by atoms with Crippen LogP contribution in [0.1, 0.15) is 15.9 Å². The number of pyridine rings is 2. The molecule has 3 aromatic rings. The van der Waals surface area contributed by atoms with Crippen molar-refractivity contribution in [3.63, 3.8) is 0 Å². The van der Waals surface area contributed by atoms with Crippen LogP contribution in [0.2, 0.25) is 0 Å². The highest BCUT2D eigenvalue weighted by atomic mass is 16.2. The van der Waals surface area contributed by atoms with Gasteiger partial charge in [-0.1, -0.05) is 24.3 Å². The van der Waals surface area contributed by atoms with Crippen molar-refractivity contribution in [1.82, 2.24) is 9.97 Å². The zero-order valence-corrected chi connectivity index (χ0v) is 11.8. The van der Waals surface area contributed by atoms with Gasteiger partial charge in [-0.2, -0.15) is 0 Å². The second-order valence-electron chi connectivity index (χ2n) is 4.88. The molecule has 0 bridgehead atoms. The van der Waals surface area contributed by atoms with Crippen LogP contribution in [-0.4, -0.2) is 15.9 Å². The van der Waals surface area contributed by atoms with Crippen molar-refractivity contribution in [3.8, 4) is 0 Å². The third kappa shape index (κ3) is 2.42. The lowest BCUT2D eigenvalue weighted by atomic mass is 10.0. The monoisotopic (exact) mass is 295 g/mol. The fourth-order valence-corrected chi connectivity index (χ4v) is 2.34. The molecule has 0 atom stereocenters. The predicted octanol–water partition coefficient (Wildman–Crippen LogP) is 1.78. The first kappa shape index (κ1) is 13.8. The molecule has 22 heavy (non-hydrogen) atoms. The van der Waals surface area contributed by atoms with Gasteiger partial charge in [-0.05, 0) is 19.1 Å². The molecule has 2 aromatic heterocycles. The zero-order valence-electron chi connectivity index (χ0n) is 11.8. The number of amides is 1. The quantitative estimate of drug-likeness (QED) is 0.672. The number of para-hydroxylation sites is 1. The van der Waals surface area contributed by atoms with Gasteiger partial charge in [-0.25, -0.2) is 0 Å². The Morgan fingerprint density at radius 1 is 1.00 bits per heavy atom. The van der Waals surface area contributed by atoms with Crippen molar-refractivity contribution < 1.29 is 4.79 Å². The number of hydrogen-bond donors (Lipinski definition) is 3. The Balaban J connectivity index is 2.13. The number of rotatable bonds is 2. The smallest absolute Gasteiger partial charge is 0.257 e. The van der Waals surface area contributed by atoms with Crippen molar-refractivity contribution in [2.24, 2.45) is 0 Å². The van der Waals surface area contributed by atoms with Crippen LogP contribution < -0.4 is 16.4 Å². The molecule has 6 nitrogen and oxygen atoms in total. The molecule has 0 saturated carbocycles. The van der Waals surface area contributed by atoms with E-state index in [1.807, 2.05) is 0 Å². The number of anilines is 1. The SMILES string of the molecule is Cc1c(C(=O)Nc2cccc(=O)[nH]2)c2ccccc2[nH]c1=O. The molecule has 0 unspecified atom stereocenters. The number of H-pyrrole nitrogens is 2. The predicted molar refractivity (Wildman–Crippen MR) is 84.3 cm³/mol. The first-order chi connectivity index (χ1) is 10.6. The first-order valence-corrected chi connectivity index (χ1v) is 6.68. The molecule has 0 aliphatic heterocycles. The highest BCUT2D eigenvalue weighted by Gasteiger charge is 2.16. The van der Waals surface area contributed by atoms with Gasteiger partial charge in [0, 0.05) is 22.5 Å². The summed E-state index contributed by atoms with van der Waals surface area (Å²) in [6.07, 6.45) is 0. The van der Waals surface area contributed by atoms with Crippen LogP contribution in [0.4, 0.5) is 5.82 Å². The Bertz CT molecular complexity index is 986. The lowest BCUT2D eigenvalue weighted by molar-refractivity contribution is 0.102. The highest BCUT2D eigenvalue weighted by Crippen LogP contribution is 2.18. The molecule has 6 heteroatoms. The second-order valence-corrected chi connectivity index (χ2v) is 4.88. The molecule has 3 rings (SSSR count). The Labute approximate surface area is 124 Å². The van der Waals surface area contributed by atoms with Crippen LogP contribution in [0, 0.1) is 6.92 Å². The van der Waals surface area contributed by atoms with Gasteiger partial charge < -0.3 is 15.3 Å². The molecule has 0 fully saturated rings. The van der Waals surface area contributed by atoms with E-state index in [4.69, 9.17) is 0 Å². The van der Waals surface area contributed by atoms with Gasteiger partial charge in [0.25, 0.3) is 11.5 Å². The summed E-state index contributed by atoms with van der Waals surface area (Å²) in [6.45, 7) is 1.59. The van der Waals surface area contributed by atoms with Crippen LogP contribution in [0.15, 0.2) is 52.1 Å². The van der Waals surface area contributed by atoms with Crippen LogP contribution in [-0.2, 0) is 0 Å². The molecule has 0 radical (unpaired) electrons. The van der Waals surface area contributed by atoms with Gasteiger partial charge in [-0.15, -0.1) is 0 Å². The number of nitrogens with one attached hydrogen (secondary N) is 3. The molecule has 0 saturated heterocycles. The Morgan fingerprint density at radius 3 is 2.55 bits per heavy atom. The van der Waals surface area contributed by atoms with Crippen LogP contribution >= 0.6 is 0 Å².